The molecule has 0 saturated heterocycles. The number of hydrogen-bond donors (Lipinski definition) is 0. The molecule has 54 heavy (non-hydrogen) atoms. The molecule has 0 aliphatic carbocycles. The van der Waals surface area contributed by atoms with Crippen LogP contribution in [-0.4, -0.2) is 19.5 Å². The van der Waals surface area contributed by atoms with Gasteiger partial charge in [0.05, 0.1) is 21.4 Å². The van der Waals surface area contributed by atoms with E-state index < -0.39 is 0 Å². The van der Waals surface area contributed by atoms with Crippen LogP contribution in [0.25, 0.3) is 104 Å². The zero-order chi connectivity index (χ0) is 35.6. The molecule has 0 radical (unpaired) electrons. The van der Waals surface area contributed by atoms with Gasteiger partial charge in [-0.1, -0.05) is 140 Å². The molecule has 0 aliphatic rings. The van der Waals surface area contributed by atoms with Crippen molar-refractivity contribution in [1.29, 1.82) is 0 Å². The number of benzene rings is 8. The third-order valence-corrected chi connectivity index (χ3v) is 11.6. The summed E-state index contributed by atoms with van der Waals surface area (Å²) >= 11 is 1.82. The van der Waals surface area contributed by atoms with Crippen LogP contribution in [0.2, 0.25) is 0 Å². The summed E-state index contributed by atoms with van der Waals surface area (Å²) in [4.78, 5) is 15.6. The molecule has 4 nitrogen and oxygen atoms in total. The van der Waals surface area contributed by atoms with Crippen molar-refractivity contribution in [3.63, 3.8) is 0 Å². The molecule has 5 heteroatoms. The fourth-order valence-electron chi connectivity index (χ4n) is 7.90. The van der Waals surface area contributed by atoms with Gasteiger partial charge in [-0.15, -0.1) is 11.3 Å². The molecule has 11 rings (SSSR count). The molecule has 0 spiro atoms. The third kappa shape index (κ3) is 4.94. The van der Waals surface area contributed by atoms with Crippen LogP contribution in [-0.2, 0) is 0 Å². The van der Waals surface area contributed by atoms with E-state index in [4.69, 9.17) is 15.0 Å². The van der Waals surface area contributed by atoms with Gasteiger partial charge in [0, 0.05) is 42.9 Å². The molecular formula is C49H30N4S. The van der Waals surface area contributed by atoms with Crippen molar-refractivity contribution in [3.05, 3.63) is 182 Å². The Morgan fingerprint density at radius 2 is 1.00 bits per heavy atom. The van der Waals surface area contributed by atoms with Crippen LogP contribution in [0.4, 0.5) is 0 Å². The molecule has 11 aromatic rings. The monoisotopic (exact) mass is 706 g/mol. The average Bonchev–Trinajstić information content (AvgIpc) is 3.79. The summed E-state index contributed by atoms with van der Waals surface area (Å²) in [5.74, 6) is 1.94. The van der Waals surface area contributed by atoms with Gasteiger partial charge in [0.25, 0.3) is 0 Å². The Hall–Kier alpha value is -6.95. The third-order valence-electron chi connectivity index (χ3n) is 10.4. The minimum Gasteiger partial charge on any atom is -0.308 e. The number of rotatable bonds is 5. The Morgan fingerprint density at radius 3 is 1.81 bits per heavy atom. The minimum absolute atomic E-state index is 0.641. The SMILES string of the molecule is c1ccc(-c2cccc(-c3nc(-c4ccccc4)nc(-c4ccc(-n5c6ccccc6c6cc7ccccc7cc65)c5sc6ccccc6c45)n3)c2)cc1. The van der Waals surface area contributed by atoms with Crippen LogP contribution in [0.3, 0.4) is 0 Å². The standard InChI is InChI=1S/C49H30N4S/c1-3-14-31(15-4-1)33-20-13-21-36(28-33)48-50-47(32-16-5-2-6-17-32)51-49(52-48)39-26-27-42(46-45(39)38-23-10-12-25-44(38)54-46)53-41-24-11-9-22-37(41)40-29-34-18-7-8-19-35(34)30-43(40)53/h1-30H. The largest absolute Gasteiger partial charge is 0.308 e. The van der Waals surface area contributed by atoms with E-state index in [9.17, 15) is 0 Å². The first-order chi connectivity index (χ1) is 26.8. The van der Waals surface area contributed by atoms with Crippen LogP contribution >= 0.6 is 11.3 Å². The Bertz CT molecular complexity index is 3220. The van der Waals surface area contributed by atoms with Crippen LogP contribution in [0, 0.1) is 0 Å². The first kappa shape index (κ1) is 30.7. The van der Waals surface area contributed by atoms with Crippen LogP contribution in [0.5, 0.6) is 0 Å². The van der Waals surface area contributed by atoms with Gasteiger partial charge < -0.3 is 4.57 Å². The Labute approximate surface area is 315 Å². The van der Waals surface area contributed by atoms with Crippen molar-refractivity contribution >= 4 is 64.1 Å². The summed E-state index contributed by atoms with van der Waals surface area (Å²) in [7, 11) is 0. The molecule has 0 amide bonds. The predicted molar refractivity (Wildman–Crippen MR) is 226 cm³/mol. The van der Waals surface area contributed by atoms with Crippen molar-refractivity contribution in [2.75, 3.05) is 0 Å². The lowest BCUT2D eigenvalue weighted by Crippen LogP contribution is -2.01. The van der Waals surface area contributed by atoms with Gasteiger partial charge in [-0.25, -0.2) is 15.0 Å². The zero-order valence-electron chi connectivity index (χ0n) is 29.0. The molecule has 252 valence electrons. The predicted octanol–water partition coefficient (Wildman–Crippen LogP) is 13.2. The topological polar surface area (TPSA) is 43.6 Å². The van der Waals surface area contributed by atoms with Crippen molar-refractivity contribution in [3.8, 4) is 51.0 Å². The van der Waals surface area contributed by atoms with Gasteiger partial charge in [-0.3, -0.25) is 0 Å². The highest BCUT2D eigenvalue weighted by atomic mass is 32.1. The molecule has 0 bridgehead atoms. The Kier molecular flexibility index (Phi) is 7.00. The second-order valence-corrected chi connectivity index (χ2v) is 14.7. The molecule has 0 fully saturated rings. The molecular weight excluding hydrogens is 677 g/mol. The maximum Gasteiger partial charge on any atom is 0.164 e. The second kappa shape index (κ2) is 12.3. The summed E-state index contributed by atoms with van der Waals surface area (Å²) in [6, 6.07) is 64.4. The molecule has 0 atom stereocenters. The normalized spacial score (nSPS) is 11.7. The molecule has 3 heterocycles. The lowest BCUT2D eigenvalue weighted by Gasteiger charge is -2.14. The summed E-state index contributed by atoms with van der Waals surface area (Å²) < 4.78 is 4.86. The number of aromatic nitrogens is 4. The van der Waals surface area contributed by atoms with E-state index in [-0.39, 0.29) is 0 Å². The number of para-hydroxylation sites is 1. The molecule has 0 aliphatic heterocycles. The number of fused-ring (bicyclic) bond motifs is 7. The molecule has 3 aromatic heterocycles. The highest BCUT2D eigenvalue weighted by Crippen LogP contribution is 2.45. The second-order valence-electron chi connectivity index (χ2n) is 13.6. The highest BCUT2D eigenvalue weighted by Gasteiger charge is 2.22. The summed E-state index contributed by atoms with van der Waals surface area (Å²) in [6.45, 7) is 0. The van der Waals surface area contributed by atoms with Crippen molar-refractivity contribution in [1.82, 2.24) is 19.5 Å². The Morgan fingerprint density at radius 1 is 0.389 bits per heavy atom. The van der Waals surface area contributed by atoms with Gasteiger partial charge in [-0.2, -0.15) is 0 Å². The maximum absolute atomic E-state index is 5.27. The van der Waals surface area contributed by atoms with Gasteiger partial charge in [-0.05, 0) is 64.4 Å². The summed E-state index contributed by atoms with van der Waals surface area (Å²) in [6.07, 6.45) is 0. The lowest BCUT2D eigenvalue weighted by atomic mass is 10.0. The minimum atomic E-state index is 0.641. The van der Waals surface area contributed by atoms with Crippen LogP contribution in [0.1, 0.15) is 0 Å². The van der Waals surface area contributed by atoms with Gasteiger partial charge in [0.1, 0.15) is 0 Å². The van der Waals surface area contributed by atoms with E-state index in [2.05, 4.69) is 162 Å². The first-order valence-corrected chi connectivity index (χ1v) is 18.9. The Balaban J connectivity index is 1.19. The van der Waals surface area contributed by atoms with Gasteiger partial charge in [0.15, 0.2) is 17.5 Å². The van der Waals surface area contributed by atoms with Gasteiger partial charge >= 0.3 is 0 Å². The van der Waals surface area contributed by atoms with Gasteiger partial charge in [0.2, 0.25) is 0 Å². The zero-order valence-corrected chi connectivity index (χ0v) is 29.8. The number of hydrogen-bond acceptors (Lipinski definition) is 4. The van der Waals surface area contributed by atoms with E-state index in [0.717, 1.165) is 38.9 Å². The van der Waals surface area contributed by atoms with Crippen molar-refractivity contribution in [2.24, 2.45) is 0 Å². The summed E-state index contributed by atoms with van der Waals surface area (Å²) in [5, 5.41) is 7.29. The quantitative estimate of drug-likeness (QED) is 0.179. The number of thiophene rings is 1. The van der Waals surface area contributed by atoms with E-state index >= 15 is 0 Å². The van der Waals surface area contributed by atoms with E-state index in [1.807, 2.05) is 35.6 Å². The van der Waals surface area contributed by atoms with E-state index in [0.29, 0.717) is 17.5 Å². The number of nitrogens with zero attached hydrogens (tertiary/aromatic N) is 4. The van der Waals surface area contributed by atoms with Crippen LogP contribution < -0.4 is 0 Å². The van der Waals surface area contributed by atoms with Crippen LogP contribution in [0.15, 0.2) is 182 Å². The molecule has 0 N–H and O–H groups in total. The maximum atomic E-state index is 5.27. The lowest BCUT2D eigenvalue weighted by molar-refractivity contribution is 1.08. The fraction of sp³-hybridized carbons (Fsp3) is 0. The van der Waals surface area contributed by atoms with Crippen molar-refractivity contribution < 1.29 is 0 Å². The average molecular weight is 707 g/mol. The molecule has 0 saturated carbocycles. The van der Waals surface area contributed by atoms with E-state index in [1.165, 1.54) is 47.4 Å². The van der Waals surface area contributed by atoms with Crippen molar-refractivity contribution in [2.45, 2.75) is 0 Å². The smallest absolute Gasteiger partial charge is 0.164 e. The summed E-state index contributed by atoms with van der Waals surface area (Å²) in [5.41, 5.74) is 8.65. The molecule has 0 unspecified atom stereocenters. The molecule has 8 aromatic carbocycles. The first-order valence-electron chi connectivity index (χ1n) is 18.1. The fourth-order valence-corrected chi connectivity index (χ4v) is 9.13. The van der Waals surface area contributed by atoms with E-state index in [1.54, 1.807) is 0 Å². The highest BCUT2D eigenvalue weighted by molar-refractivity contribution is 7.26.